The summed E-state index contributed by atoms with van der Waals surface area (Å²) in [7, 11) is 1.78. The fourth-order valence-electron chi connectivity index (χ4n) is 2.09. The maximum atomic E-state index is 12.3. The van der Waals surface area contributed by atoms with E-state index in [0.717, 1.165) is 0 Å². The Hall–Kier alpha value is -1.42. The van der Waals surface area contributed by atoms with Gasteiger partial charge >= 0.3 is 0 Å². The van der Waals surface area contributed by atoms with Gasteiger partial charge < -0.3 is 14.4 Å². The molecule has 1 aromatic carbocycles. The van der Waals surface area contributed by atoms with Crippen LogP contribution in [0.25, 0.3) is 0 Å². The molecule has 1 aliphatic rings. The molecule has 0 saturated carbocycles. The van der Waals surface area contributed by atoms with Crippen molar-refractivity contribution in [2.24, 2.45) is 5.92 Å². The van der Waals surface area contributed by atoms with Gasteiger partial charge in [0.1, 0.15) is 13.2 Å². The van der Waals surface area contributed by atoms with Crippen LogP contribution in [0.2, 0.25) is 5.02 Å². The van der Waals surface area contributed by atoms with Gasteiger partial charge in [0.25, 0.3) is 5.91 Å². The molecule has 1 aromatic rings. The summed E-state index contributed by atoms with van der Waals surface area (Å²) in [5, 5.41) is 0.415. The Labute approximate surface area is 118 Å². The van der Waals surface area contributed by atoms with Crippen LogP contribution in [-0.4, -0.2) is 37.6 Å². The number of benzene rings is 1. The SMILES string of the molecule is CC(C)CN(C)C(=O)c1cc(Cl)c2c(c1)OCCO2. The second kappa shape index (κ2) is 5.70. The summed E-state index contributed by atoms with van der Waals surface area (Å²) in [5.74, 6) is 1.42. The Morgan fingerprint density at radius 2 is 2.05 bits per heavy atom. The van der Waals surface area contributed by atoms with Crippen molar-refractivity contribution in [1.82, 2.24) is 4.90 Å². The quantitative estimate of drug-likeness (QED) is 0.856. The van der Waals surface area contributed by atoms with E-state index >= 15 is 0 Å². The largest absolute Gasteiger partial charge is 0.486 e. The van der Waals surface area contributed by atoms with Crippen molar-refractivity contribution in [3.63, 3.8) is 0 Å². The molecule has 0 bridgehead atoms. The van der Waals surface area contributed by atoms with Crippen LogP contribution in [0.4, 0.5) is 0 Å². The highest BCUT2D eigenvalue weighted by Crippen LogP contribution is 2.38. The van der Waals surface area contributed by atoms with Gasteiger partial charge in [-0.05, 0) is 18.1 Å². The predicted octanol–water partition coefficient (Wildman–Crippen LogP) is 2.84. The number of fused-ring (bicyclic) bond motifs is 1. The second-order valence-electron chi connectivity index (χ2n) is 5.06. The van der Waals surface area contributed by atoms with Crippen LogP contribution >= 0.6 is 11.6 Å². The molecule has 0 N–H and O–H groups in total. The number of carbonyl (C=O) groups excluding carboxylic acids is 1. The van der Waals surface area contributed by atoms with Gasteiger partial charge in [-0.3, -0.25) is 4.79 Å². The Morgan fingerprint density at radius 3 is 2.74 bits per heavy atom. The van der Waals surface area contributed by atoms with Crippen molar-refractivity contribution in [3.8, 4) is 11.5 Å². The molecule has 1 aliphatic heterocycles. The summed E-state index contributed by atoms with van der Waals surface area (Å²) in [6.45, 7) is 5.79. The zero-order chi connectivity index (χ0) is 14.0. The number of carbonyl (C=O) groups is 1. The average molecular weight is 284 g/mol. The summed E-state index contributed by atoms with van der Waals surface area (Å²) >= 11 is 6.13. The molecule has 104 valence electrons. The maximum absolute atomic E-state index is 12.3. The van der Waals surface area contributed by atoms with E-state index in [0.29, 0.717) is 47.8 Å². The van der Waals surface area contributed by atoms with Crippen LogP contribution in [0.15, 0.2) is 12.1 Å². The molecule has 0 saturated heterocycles. The Morgan fingerprint density at radius 1 is 1.37 bits per heavy atom. The van der Waals surface area contributed by atoms with E-state index in [4.69, 9.17) is 21.1 Å². The minimum Gasteiger partial charge on any atom is -0.486 e. The van der Waals surface area contributed by atoms with Crippen LogP contribution in [-0.2, 0) is 0 Å². The van der Waals surface area contributed by atoms with Crippen molar-refractivity contribution in [3.05, 3.63) is 22.7 Å². The van der Waals surface area contributed by atoms with Crippen molar-refractivity contribution >= 4 is 17.5 Å². The van der Waals surface area contributed by atoms with E-state index in [2.05, 4.69) is 13.8 Å². The lowest BCUT2D eigenvalue weighted by Crippen LogP contribution is -2.30. The molecule has 0 atom stereocenters. The molecule has 5 heteroatoms. The number of halogens is 1. The third kappa shape index (κ3) is 3.13. The smallest absolute Gasteiger partial charge is 0.253 e. The molecule has 0 fully saturated rings. The molecule has 0 radical (unpaired) electrons. The van der Waals surface area contributed by atoms with Gasteiger partial charge in [0, 0.05) is 19.2 Å². The predicted molar refractivity (Wildman–Crippen MR) is 74.2 cm³/mol. The van der Waals surface area contributed by atoms with Gasteiger partial charge in [-0.1, -0.05) is 25.4 Å². The Kier molecular flexibility index (Phi) is 4.20. The highest BCUT2D eigenvalue weighted by molar-refractivity contribution is 6.32. The van der Waals surface area contributed by atoms with Gasteiger partial charge in [-0.25, -0.2) is 0 Å². The normalized spacial score (nSPS) is 13.5. The minimum atomic E-state index is -0.0624. The van der Waals surface area contributed by atoms with Gasteiger partial charge in [0.05, 0.1) is 5.02 Å². The molecule has 1 heterocycles. The molecule has 0 spiro atoms. The summed E-state index contributed by atoms with van der Waals surface area (Å²) in [6, 6.07) is 3.33. The summed E-state index contributed by atoms with van der Waals surface area (Å²) in [5.41, 5.74) is 0.525. The topological polar surface area (TPSA) is 38.8 Å². The fraction of sp³-hybridized carbons (Fsp3) is 0.500. The van der Waals surface area contributed by atoms with E-state index in [9.17, 15) is 4.79 Å². The van der Waals surface area contributed by atoms with Crippen LogP contribution in [0.1, 0.15) is 24.2 Å². The first-order valence-corrected chi connectivity index (χ1v) is 6.71. The average Bonchev–Trinajstić information content (AvgIpc) is 2.37. The first-order chi connectivity index (χ1) is 8.99. The third-order valence-electron chi connectivity index (χ3n) is 2.83. The van der Waals surface area contributed by atoms with Crippen molar-refractivity contribution in [2.75, 3.05) is 26.8 Å². The molecule has 1 amide bonds. The highest BCUT2D eigenvalue weighted by atomic mass is 35.5. The summed E-state index contributed by atoms with van der Waals surface area (Å²) in [6.07, 6.45) is 0. The van der Waals surface area contributed by atoms with Crippen molar-refractivity contribution < 1.29 is 14.3 Å². The summed E-state index contributed by atoms with van der Waals surface area (Å²) < 4.78 is 10.9. The monoisotopic (exact) mass is 283 g/mol. The Balaban J connectivity index is 2.25. The van der Waals surface area contributed by atoms with Crippen LogP contribution in [0.3, 0.4) is 0 Å². The third-order valence-corrected chi connectivity index (χ3v) is 3.11. The molecular formula is C14H18ClNO3. The lowest BCUT2D eigenvalue weighted by Gasteiger charge is -2.22. The lowest BCUT2D eigenvalue weighted by atomic mass is 10.1. The van der Waals surface area contributed by atoms with E-state index in [1.165, 1.54) is 0 Å². The summed E-state index contributed by atoms with van der Waals surface area (Å²) in [4.78, 5) is 14.0. The zero-order valence-electron chi connectivity index (χ0n) is 11.4. The number of rotatable bonds is 3. The minimum absolute atomic E-state index is 0.0624. The zero-order valence-corrected chi connectivity index (χ0v) is 12.2. The van der Waals surface area contributed by atoms with E-state index in [1.807, 2.05) is 0 Å². The molecule has 0 aliphatic carbocycles. The standard InChI is InChI=1S/C14H18ClNO3/c1-9(2)8-16(3)14(17)10-6-11(15)13-12(7-10)18-4-5-19-13/h6-7,9H,4-5,8H2,1-3H3. The highest BCUT2D eigenvalue weighted by Gasteiger charge is 2.21. The number of hydrogen-bond acceptors (Lipinski definition) is 3. The van der Waals surface area contributed by atoms with Gasteiger partial charge in [-0.2, -0.15) is 0 Å². The molecule has 0 aromatic heterocycles. The first-order valence-electron chi connectivity index (χ1n) is 6.33. The number of ether oxygens (including phenoxy) is 2. The van der Waals surface area contributed by atoms with Crippen LogP contribution in [0.5, 0.6) is 11.5 Å². The van der Waals surface area contributed by atoms with Crippen molar-refractivity contribution in [2.45, 2.75) is 13.8 Å². The van der Waals surface area contributed by atoms with Crippen LogP contribution < -0.4 is 9.47 Å². The second-order valence-corrected chi connectivity index (χ2v) is 5.47. The molecule has 19 heavy (non-hydrogen) atoms. The number of hydrogen-bond donors (Lipinski definition) is 0. The Bertz CT molecular complexity index is 488. The lowest BCUT2D eigenvalue weighted by molar-refractivity contribution is 0.0778. The molecule has 0 unspecified atom stereocenters. The van der Waals surface area contributed by atoms with Crippen LogP contribution in [0, 0.1) is 5.92 Å². The van der Waals surface area contributed by atoms with E-state index in [-0.39, 0.29) is 5.91 Å². The molecule has 2 rings (SSSR count). The first kappa shape index (κ1) is 14.0. The molecule has 4 nitrogen and oxygen atoms in total. The van der Waals surface area contributed by atoms with Gasteiger partial charge in [-0.15, -0.1) is 0 Å². The number of amides is 1. The molecular weight excluding hydrogens is 266 g/mol. The van der Waals surface area contributed by atoms with Crippen molar-refractivity contribution in [1.29, 1.82) is 0 Å². The maximum Gasteiger partial charge on any atom is 0.253 e. The van der Waals surface area contributed by atoms with Gasteiger partial charge in [0.15, 0.2) is 11.5 Å². The van der Waals surface area contributed by atoms with E-state index in [1.54, 1.807) is 24.1 Å². The fourth-order valence-corrected chi connectivity index (χ4v) is 2.35. The van der Waals surface area contributed by atoms with E-state index < -0.39 is 0 Å². The van der Waals surface area contributed by atoms with Gasteiger partial charge in [0.2, 0.25) is 0 Å². The number of nitrogens with zero attached hydrogens (tertiary/aromatic N) is 1.